The highest BCUT2D eigenvalue weighted by Gasteiger charge is 2.29. The number of aliphatic imine (C=N–C) groups is 2. The summed E-state index contributed by atoms with van der Waals surface area (Å²) in [6.07, 6.45) is -4.36. The molecule has 4 N–H and O–H groups in total. The van der Waals surface area contributed by atoms with Crippen molar-refractivity contribution < 1.29 is 13.2 Å². The first-order valence-corrected chi connectivity index (χ1v) is 4.61. The molecule has 1 aromatic rings. The molecule has 0 saturated heterocycles. The molecule has 0 heterocycles. The second-order valence-electron chi connectivity index (χ2n) is 3.27. The zero-order chi connectivity index (χ0) is 13.1. The van der Waals surface area contributed by atoms with Crippen molar-refractivity contribution in [2.24, 2.45) is 21.5 Å². The average Bonchev–Trinajstić information content (AvgIpc) is 2.15. The number of amidine groups is 1. The van der Waals surface area contributed by atoms with Crippen molar-refractivity contribution in [3.8, 4) is 0 Å². The van der Waals surface area contributed by atoms with Crippen molar-refractivity contribution in [2.45, 2.75) is 13.1 Å². The summed E-state index contributed by atoms with van der Waals surface area (Å²) >= 11 is 0. The van der Waals surface area contributed by atoms with Crippen LogP contribution in [0.3, 0.4) is 0 Å². The Hall–Kier alpha value is -2.05. The fourth-order valence-corrected chi connectivity index (χ4v) is 1.06. The highest BCUT2D eigenvalue weighted by atomic mass is 19.4. The van der Waals surface area contributed by atoms with Gasteiger partial charge in [-0.3, -0.25) is 0 Å². The molecule has 4 nitrogen and oxygen atoms in total. The summed E-state index contributed by atoms with van der Waals surface area (Å²) in [4.78, 5) is 7.43. The van der Waals surface area contributed by atoms with Gasteiger partial charge < -0.3 is 11.5 Å². The summed E-state index contributed by atoms with van der Waals surface area (Å²) in [5.74, 6) is 0.114. The predicted molar refractivity (Wildman–Crippen MR) is 60.0 cm³/mol. The smallest absolute Gasteiger partial charge is 0.387 e. The fourth-order valence-electron chi connectivity index (χ4n) is 1.06. The zero-order valence-electron chi connectivity index (χ0n) is 8.99. The largest absolute Gasteiger partial charge is 0.416 e. The molecule has 0 bridgehead atoms. The van der Waals surface area contributed by atoms with E-state index >= 15 is 0 Å². The van der Waals surface area contributed by atoms with Gasteiger partial charge in [0.05, 0.1) is 17.1 Å². The van der Waals surface area contributed by atoms with Crippen LogP contribution in [0.25, 0.3) is 0 Å². The van der Waals surface area contributed by atoms with E-state index in [4.69, 9.17) is 11.5 Å². The monoisotopic (exact) mass is 244 g/mol. The number of nitrogens with zero attached hydrogens (tertiary/aromatic N) is 2. The van der Waals surface area contributed by atoms with E-state index in [0.29, 0.717) is 0 Å². The molecule has 0 atom stereocenters. The number of halogens is 3. The van der Waals surface area contributed by atoms with Gasteiger partial charge in [-0.25, -0.2) is 9.98 Å². The van der Waals surface area contributed by atoms with E-state index in [0.717, 1.165) is 12.1 Å². The highest BCUT2D eigenvalue weighted by Crippen LogP contribution is 2.30. The number of nitrogens with two attached hydrogens (primary N) is 2. The molecule has 0 saturated carbocycles. The van der Waals surface area contributed by atoms with Crippen LogP contribution in [0.15, 0.2) is 34.3 Å². The van der Waals surface area contributed by atoms with Crippen LogP contribution >= 0.6 is 0 Å². The van der Waals surface area contributed by atoms with Crippen LogP contribution in [0.2, 0.25) is 0 Å². The van der Waals surface area contributed by atoms with E-state index in [2.05, 4.69) is 9.98 Å². The third-order valence-electron chi connectivity index (χ3n) is 1.73. The lowest BCUT2D eigenvalue weighted by molar-refractivity contribution is -0.137. The van der Waals surface area contributed by atoms with Crippen LogP contribution in [-0.4, -0.2) is 11.8 Å². The van der Waals surface area contributed by atoms with Gasteiger partial charge in [0.1, 0.15) is 0 Å². The predicted octanol–water partition coefficient (Wildman–Crippen LogP) is 2.03. The maximum atomic E-state index is 12.3. The molecule has 0 aliphatic rings. The third-order valence-corrected chi connectivity index (χ3v) is 1.73. The second kappa shape index (κ2) is 4.86. The lowest BCUT2D eigenvalue weighted by atomic mass is 10.2. The molecule has 92 valence electrons. The van der Waals surface area contributed by atoms with E-state index in [9.17, 15) is 13.2 Å². The molecule has 0 amide bonds. The Kier molecular flexibility index (Phi) is 3.72. The first-order chi connectivity index (χ1) is 7.79. The van der Waals surface area contributed by atoms with Gasteiger partial charge in [-0.1, -0.05) is 0 Å². The van der Waals surface area contributed by atoms with Crippen molar-refractivity contribution in [2.75, 3.05) is 0 Å². The Morgan fingerprint density at radius 2 is 1.65 bits per heavy atom. The number of benzene rings is 1. The Morgan fingerprint density at radius 3 is 2.06 bits per heavy atom. The van der Waals surface area contributed by atoms with Gasteiger partial charge in [0, 0.05) is 0 Å². The minimum atomic E-state index is -4.36. The van der Waals surface area contributed by atoms with Crippen LogP contribution in [0.1, 0.15) is 12.5 Å². The second-order valence-corrected chi connectivity index (χ2v) is 3.27. The van der Waals surface area contributed by atoms with Crippen molar-refractivity contribution >= 4 is 17.5 Å². The summed E-state index contributed by atoms with van der Waals surface area (Å²) in [6.45, 7) is 1.52. The Morgan fingerprint density at radius 1 is 1.12 bits per heavy atom. The molecule has 0 aliphatic carbocycles. The lowest BCUT2D eigenvalue weighted by Crippen LogP contribution is -2.15. The number of rotatable bonds is 1. The van der Waals surface area contributed by atoms with Gasteiger partial charge in [0.2, 0.25) is 5.96 Å². The maximum absolute atomic E-state index is 12.3. The summed E-state index contributed by atoms with van der Waals surface area (Å²) in [5, 5.41) is 0. The van der Waals surface area contributed by atoms with Gasteiger partial charge in [0.25, 0.3) is 0 Å². The van der Waals surface area contributed by atoms with Crippen molar-refractivity contribution in [3.05, 3.63) is 29.8 Å². The maximum Gasteiger partial charge on any atom is 0.416 e. The van der Waals surface area contributed by atoms with Gasteiger partial charge in [0.15, 0.2) is 0 Å². The Labute approximate surface area is 95.9 Å². The van der Waals surface area contributed by atoms with Crippen LogP contribution in [0.5, 0.6) is 0 Å². The molecule has 0 fully saturated rings. The number of guanidine groups is 1. The van der Waals surface area contributed by atoms with Gasteiger partial charge in [-0.15, -0.1) is 0 Å². The quantitative estimate of drug-likeness (QED) is 0.585. The molecule has 0 aromatic heterocycles. The zero-order valence-corrected chi connectivity index (χ0v) is 8.99. The van der Waals surface area contributed by atoms with E-state index in [1.165, 1.54) is 19.1 Å². The molecule has 7 heteroatoms. The van der Waals surface area contributed by atoms with Crippen LogP contribution in [0.4, 0.5) is 18.9 Å². The molecule has 0 radical (unpaired) electrons. The number of hydrogen-bond acceptors (Lipinski definition) is 1. The van der Waals surface area contributed by atoms with Crippen molar-refractivity contribution in [3.63, 3.8) is 0 Å². The van der Waals surface area contributed by atoms with Crippen molar-refractivity contribution in [1.82, 2.24) is 0 Å². The SMILES string of the molecule is CC(N)=NC(N)=Nc1ccc(C(F)(F)F)cc1. The number of alkyl halides is 3. The third kappa shape index (κ3) is 4.13. The standard InChI is InChI=1S/C10H11F3N4/c1-6(14)16-9(15)17-8-4-2-7(3-5-8)10(11,12)13/h2-5H,1H3,(H4,14,15,16,17). The van der Waals surface area contributed by atoms with E-state index in [1.807, 2.05) is 0 Å². The molecular formula is C10H11F3N4. The molecule has 0 spiro atoms. The van der Waals surface area contributed by atoms with Gasteiger partial charge in [-0.05, 0) is 31.2 Å². The van der Waals surface area contributed by atoms with Crippen molar-refractivity contribution in [1.29, 1.82) is 0 Å². The van der Waals surface area contributed by atoms with E-state index in [-0.39, 0.29) is 17.5 Å². The summed E-state index contributed by atoms with van der Waals surface area (Å²) in [6, 6.07) is 4.25. The highest BCUT2D eigenvalue weighted by molar-refractivity contribution is 5.94. The summed E-state index contributed by atoms with van der Waals surface area (Å²) in [5.41, 5.74) is 10.2. The minimum absolute atomic E-state index is 0.107. The first-order valence-electron chi connectivity index (χ1n) is 4.61. The molecule has 0 unspecified atom stereocenters. The molecule has 17 heavy (non-hydrogen) atoms. The summed E-state index contributed by atoms with van der Waals surface area (Å²) < 4.78 is 36.8. The molecular weight excluding hydrogens is 233 g/mol. The fraction of sp³-hybridized carbons (Fsp3) is 0.200. The Bertz CT molecular complexity index is 442. The van der Waals surface area contributed by atoms with Crippen LogP contribution in [0, 0.1) is 0 Å². The number of hydrogen-bond donors (Lipinski definition) is 2. The van der Waals surface area contributed by atoms with Crippen LogP contribution in [-0.2, 0) is 6.18 Å². The van der Waals surface area contributed by atoms with E-state index in [1.54, 1.807) is 0 Å². The average molecular weight is 244 g/mol. The molecule has 1 aromatic carbocycles. The lowest BCUT2D eigenvalue weighted by Gasteiger charge is -2.05. The van der Waals surface area contributed by atoms with Gasteiger partial charge in [-0.2, -0.15) is 13.2 Å². The summed E-state index contributed by atoms with van der Waals surface area (Å²) in [7, 11) is 0. The molecule has 1 rings (SSSR count). The minimum Gasteiger partial charge on any atom is -0.387 e. The van der Waals surface area contributed by atoms with Crippen LogP contribution < -0.4 is 11.5 Å². The first kappa shape index (κ1) is 13.0. The topological polar surface area (TPSA) is 76.8 Å². The van der Waals surface area contributed by atoms with E-state index < -0.39 is 11.7 Å². The molecule has 0 aliphatic heterocycles. The normalized spacial score (nSPS) is 13.9. The van der Waals surface area contributed by atoms with Gasteiger partial charge >= 0.3 is 6.18 Å². The Balaban J connectivity index is 2.93.